The predicted octanol–water partition coefficient (Wildman–Crippen LogP) is 5.01. The minimum atomic E-state index is -2.75. The van der Waals surface area contributed by atoms with E-state index in [9.17, 15) is 19.5 Å². The first-order valence-electron chi connectivity index (χ1n) is 13.3. The second-order valence-electron chi connectivity index (χ2n) is 11.2. The van der Waals surface area contributed by atoms with Gasteiger partial charge < -0.3 is 30.6 Å². The van der Waals surface area contributed by atoms with Crippen LogP contribution in [0.2, 0.25) is 18.6 Å². The molecule has 40 heavy (non-hydrogen) atoms. The van der Waals surface area contributed by atoms with Crippen LogP contribution in [-0.4, -0.2) is 42.7 Å². The van der Waals surface area contributed by atoms with E-state index in [2.05, 4.69) is 21.2 Å². The number of fused-ring (bicyclic) bond motifs is 2. The second-order valence-corrected chi connectivity index (χ2v) is 16.1. The molecule has 0 bridgehead atoms. The fraction of sp³-hybridized carbons (Fsp3) is 0.333. The number of hydrogen-bond acceptors (Lipinski definition) is 6. The number of carbonyl (C=O) groups excluding carboxylic acids is 2. The Kier molecular flexibility index (Phi) is 7.66. The maximum Gasteiger partial charge on any atom is 0.264 e. The number of nitrogens with two attached hydrogens (primary N) is 1. The molecule has 2 heterocycles. The number of ether oxygens (including phenoxy) is 1. The number of nitrogens with zero attached hydrogens (tertiary/aromatic N) is 1. The van der Waals surface area contributed by atoms with Crippen LogP contribution in [-0.2, 0) is 21.7 Å². The van der Waals surface area contributed by atoms with E-state index >= 15 is 0 Å². The molecule has 1 saturated heterocycles. The highest BCUT2D eigenvalue weighted by Gasteiger charge is 2.66. The number of nitrogens with one attached hydrogen (secondary N) is 1. The lowest BCUT2D eigenvalue weighted by molar-refractivity contribution is -0.146. The van der Waals surface area contributed by atoms with E-state index in [4.69, 9.17) is 10.5 Å². The van der Waals surface area contributed by atoms with Crippen molar-refractivity contribution < 1.29 is 24.2 Å². The second kappa shape index (κ2) is 10.8. The van der Waals surface area contributed by atoms with Crippen molar-refractivity contribution in [2.75, 3.05) is 22.6 Å². The Labute approximate surface area is 243 Å². The third-order valence-electron chi connectivity index (χ3n) is 8.08. The molecule has 0 saturated carbocycles. The van der Waals surface area contributed by atoms with Gasteiger partial charge in [0.15, 0.2) is 13.9 Å². The van der Waals surface area contributed by atoms with Gasteiger partial charge in [-0.2, -0.15) is 0 Å². The maximum atomic E-state index is 14.3. The molecule has 1 fully saturated rings. The van der Waals surface area contributed by atoms with E-state index < -0.39 is 20.0 Å². The fourth-order valence-electron chi connectivity index (χ4n) is 6.32. The average molecular weight is 625 g/mol. The van der Waals surface area contributed by atoms with Crippen LogP contribution in [0.3, 0.4) is 0 Å². The third kappa shape index (κ3) is 4.99. The summed E-state index contributed by atoms with van der Waals surface area (Å²) in [4.78, 5) is 39.8. The third-order valence-corrected chi connectivity index (χ3v) is 11.1. The molecular weight excluding hydrogens is 590 g/mol. The van der Waals surface area contributed by atoms with E-state index in [0.717, 1.165) is 21.3 Å². The summed E-state index contributed by atoms with van der Waals surface area (Å²) in [6, 6.07) is 19.9. The SMILES string of the molecule is C[C@@H]1[C@@H]([Si](C)(C)O)[C@H](CCO)O[C@@]12C(=O)N(Cc1ccc(NC(=O)c3ccc(N)cc3)cc1)c1ccc(Br)cc12. The zero-order valence-electron chi connectivity index (χ0n) is 22.7. The minimum Gasteiger partial charge on any atom is -0.432 e. The first kappa shape index (κ1) is 28.5. The molecule has 1 spiro atoms. The van der Waals surface area contributed by atoms with Crippen LogP contribution in [0.1, 0.15) is 34.8 Å². The summed E-state index contributed by atoms with van der Waals surface area (Å²) in [6.07, 6.45) is -0.0696. The van der Waals surface area contributed by atoms with Crippen LogP contribution in [0, 0.1) is 5.92 Å². The Morgan fingerprint density at radius 1 is 1.12 bits per heavy atom. The Hall–Kier alpha value is -3.02. The van der Waals surface area contributed by atoms with Crippen molar-refractivity contribution in [2.24, 2.45) is 5.92 Å². The molecular formula is C30H34BrN3O5Si. The standard InChI is InChI=1S/C30H34BrN3O5Si/c1-18-27(40(2,3)38)26(14-15-35)39-30(18)24-16-21(31)8-13-25(24)34(29(30)37)17-19-4-11-23(12-5-19)33-28(36)20-6-9-22(32)10-7-20/h4-13,16,18,26-27,35,38H,14-15,17,32H2,1-3H3,(H,33,36)/t18-,26+,27-,30+/m1/s1. The van der Waals surface area contributed by atoms with Crippen LogP contribution in [0.5, 0.6) is 0 Å². The summed E-state index contributed by atoms with van der Waals surface area (Å²) in [5, 5.41) is 12.6. The Balaban J connectivity index is 1.42. The van der Waals surface area contributed by atoms with Gasteiger partial charge in [0.2, 0.25) is 0 Å². The van der Waals surface area contributed by atoms with Crippen LogP contribution < -0.4 is 16.0 Å². The van der Waals surface area contributed by atoms with Crippen LogP contribution in [0.25, 0.3) is 0 Å². The minimum absolute atomic E-state index is 0.0844. The Morgan fingerprint density at radius 3 is 2.42 bits per heavy atom. The van der Waals surface area contributed by atoms with Gasteiger partial charge in [0.25, 0.3) is 11.8 Å². The molecule has 3 aromatic carbocycles. The first-order chi connectivity index (χ1) is 19.0. The number of aliphatic hydroxyl groups excluding tert-OH is 1. The summed E-state index contributed by atoms with van der Waals surface area (Å²) in [5.74, 6) is -0.691. The van der Waals surface area contributed by atoms with Crippen LogP contribution in [0.15, 0.2) is 71.2 Å². The molecule has 2 amide bonds. The number of aliphatic hydroxyl groups is 1. The zero-order valence-corrected chi connectivity index (χ0v) is 25.3. The number of carbonyl (C=O) groups is 2. The number of hydrogen-bond donors (Lipinski definition) is 4. The molecule has 8 nitrogen and oxygen atoms in total. The highest BCUT2D eigenvalue weighted by molar-refractivity contribution is 9.10. The normalized spacial score (nSPS) is 24.0. The van der Waals surface area contributed by atoms with Gasteiger partial charge in [-0.15, -0.1) is 0 Å². The topological polar surface area (TPSA) is 125 Å². The monoisotopic (exact) mass is 623 g/mol. The molecule has 2 aliphatic heterocycles. The summed E-state index contributed by atoms with van der Waals surface area (Å²) in [5.41, 5.74) is 8.40. The smallest absolute Gasteiger partial charge is 0.264 e. The number of amides is 2. The zero-order chi connectivity index (χ0) is 28.8. The van der Waals surface area contributed by atoms with Crippen molar-refractivity contribution in [3.63, 3.8) is 0 Å². The van der Waals surface area contributed by atoms with Crippen molar-refractivity contribution in [1.29, 1.82) is 0 Å². The van der Waals surface area contributed by atoms with Gasteiger partial charge in [-0.25, -0.2) is 0 Å². The van der Waals surface area contributed by atoms with Crippen LogP contribution in [0.4, 0.5) is 17.1 Å². The van der Waals surface area contributed by atoms with Crippen LogP contribution >= 0.6 is 15.9 Å². The molecule has 4 atom stereocenters. The summed E-state index contributed by atoms with van der Waals surface area (Å²) >= 11 is 3.56. The molecule has 3 aromatic rings. The van der Waals surface area contributed by atoms with Gasteiger partial charge in [0.1, 0.15) is 0 Å². The van der Waals surface area contributed by atoms with Gasteiger partial charge in [-0.1, -0.05) is 35.0 Å². The van der Waals surface area contributed by atoms with Gasteiger partial charge in [0.05, 0.1) is 18.3 Å². The average Bonchev–Trinajstić information content (AvgIpc) is 3.32. The molecule has 2 aliphatic rings. The molecule has 0 aliphatic carbocycles. The Bertz CT molecular complexity index is 1430. The van der Waals surface area contributed by atoms with Gasteiger partial charge in [-0.05, 0) is 79.7 Å². The molecule has 0 unspecified atom stereocenters. The number of nitrogen functional groups attached to an aromatic ring is 1. The lowest BCUT2D eigenvalue weighted by Crippen LogP contribution is -2.46. The molecule has 10 heteroatoms. The first-order valence-corrected chi connectivity index (χ1v) is 17.2. The lowest BCUT2D eigenvalue weighted by atomic mass is 9.82. The van der Waals surface area contributed by atoms with E-state index in [-0.39, 0.29) is 29.9 Å². The Morgan fingerprint density at radius 2 is 1.80 bits per heavy atom. The molecule has 0 radical (unpaired) electrons. The van der Waals surface area contributed by atoms with E-state index in [1.807, 2.05) is 62.5 Å². The van der Waals surface area contributed by atoms with Gasteiger partial charge in [0, 0.05) is 45.0 Å². The van der Waals surface area contributed by atoms with Crippen molar-refractivity contribution in [3.05, 3.63) is 87.9 Å². The summed E-state index contributed by atoms with van der Waals surface area (Å²) in [6.45, 7) is 5.95. The summed E-state index contributed by atoms with van der Waals surface area (Å²) < 4.78 is 7.46. The van der Waals surface area contributed by atoms with Crippen molar-refractivity contribution in [2.45, 2.75) is 50.2 Å². The van der Waals surface area contributed by atoms with Crippen molar-refractivity contribution in [1.82, 2.24) is 0 Å². The predicted molar refractivity (Wildman–Crippen MR) is 161 cm³/mol. The molecule has 5 rings (SSSR count). The van der Waals surface area contributed by atoms with E-state index in [1.165, 1.54) is 0 Å². The number of halogens is 1. The lowest BCUT2D eigenvalue weighted by Gasteiger charge is -2.32. The highest BCUT2D eigenvalue weighted by Crippen LogP contribution is 2.60. The number of benzene rings is 3. The highest BCUT2D eigenvalue weighted by atomic mass is 79.9. The fourth-order valence-corrected chi connectivity index (χ4v) is 9.28. The molecule has 5 N–H and O–H groups in total. The number of anilines is 3. The largest absolute Gasteiger partial charge is 0.432 e. The maximum absolute atomic E-state index is 14.3. The summed E-state index contributed by atoms with van der Waals surface area (Å²) in [7, 11) is -2.75. The van der Waals surface area contributed by atoms with Crippen molar-refractivity contribution >= 4 is 53.1 Å². The molecule has 210 valence electrons. The van der Waals surface area contributed by atoms with E-state index in [0.29, 0.717) is 29.9 Å². The quantitative estimate of drug-likeness (QED) is 0.217. The number of rotatable bonds is 7. The van der Waals surface area contributed by atoms with Gasteiger partial charge in [-0.3, -0.25) is 9.59 Å². The van der Waals surface area contributed by atoms with Crippen molar-refractivity contribution in [3.8, 4) is 0 Å². The van der Waals surface area contributed by atoms with E-state index in [1.54, 1.807) is 29.2 Å². The van der Waals surface area contributed by atoms with Gasteiger partial charge >= 0.3 is 0 Å². The molecule has 0 aromatic heterocycles.